The number of benzene rings is 2. The fraction of sp³-hybridized carbons (Fsp3) is 0.323. The van der Waals surface area contributed by atoms with Gasteiger partial charge in [0.25, 0.3) is 5.91 Å². The number of carbonyl (C=O) groups is 2. The Labute approximate surface area is 237 Å². The van der Waals surface area contributed by atoms with Crippen molar-refractivity contribution in [1.29, 1.82) is 0 Å². The van der Waals surface area contributed by atoms with E-state index in [1.165, 1.54) is 35.3 Å². The molecule has 0 radical (unpaired) electrons. The number of fused-ring (bicyclic) bond motifs is 1. The van der Waals surface area contributed by atoms with E-state index < -0.39 is 0 Å². The monoisotopic (exact) mass is 558 g/mol. The van der Waals surface area contributed by atoms with Crippen molar-refractivity contribution >= 4 is 50.7 Å². The van der Waals surface area contributed by atoms with Crippen molar-refractivity contribution in [3.63, 3.8) is 0 Å². The van der Waals surface area contributed by atoms with Gasteiger partial charge in [-0.3, -0.25) is 14.5 Å². The number of amides is 2. The lowest BCUT2D eigenvalue weighted by Crippen LogP contribution is -2.41. The van der Waals surface area contributed by atoms with Gasteiger partial charge in [0, 0.05) is 23.7 Å². The topological polar surface area (TPSA) is 74.3 Å². The zero-order valence-corrected chi connectivity index (χ0v) is 23.2. The summed E-state index contributed by atoms with van der Waals surface area (Å²) < 4.78 is 0. The van der Waals surface area contributed by atoms with Crippen LogP contribution in [-0.2, 0) is 11.3 Å². The molecule has 6 nitrogen and oxygen atoms in total. The van der Waals surface area contributed by atoms with Crippen LogP contribution in [0.5, 0.6) is 0 Å². The number of thiophene rings is 1. The Bertz CT molecular complexity index is 1500. The van der Waals surface area contributed by atoms with Gasteiger partial charge in [-0.05, 0) is 85.8 Å². The number of hydrogen-bond acceptors (Lipinski definition) is 5. The molecule has 4 aromatic rings. The van der Waals surface area contributed by atoms with Gasteiger partial charge in [-0.2, -0.15) is 0 Å². The Morgan fingerprint density at radius 2 is 1.77 bits per heavy atom. The second kappa shape index (κ2) is 11.5. The van der Waals surface area contributed by atoms with Crippen LogP contribution < -0.4 is 10.6 Å². The van der Waals surface area contributed by atoms with E-state index in [-0.39, 0.29) is 23.8 Å². The fourth-order valence-corrected chi connectivity index (χ4v) is 6.91. The van der Waals surface area contributed by atoms with Crippen molar-refractivity contribution in [2.75, 3.05) is 18.4 Å². The molecule has 39 heavy (non-hydrogen) atoms. The summed E-state index contributed by atoms with van der Waals surface area (Å²) in [5.41, 5.74) is 4.48. The molecule has 1 saturated carbocycles. The smallest absolute Gasteiger partial charge is 0.261 e. The second-order valence-corrected chi connectivity index (χ2v) is 11.9. The standard InChI is InChI=1S/C31H31ClN4O2S/c32-28-15-12-21-18-27(39-31(21)35-28)30(38)34-26-9-5-8-25(26)29(37)33-23-13-10-20(11-14-23)24-7-2-1-6-22(24)19-36-16-3-4-17-36/h1-2,6-7,10-15,18,25-26H,3-5,8-9,16-17,19H2,(H,33,37)(H,34,38)/t25-,26+/m0/s1. The van der Waals surface area contributed by atoms with E-state index in [0.29, 0.717) is 10.0 Å². The molecule has 0 bridgehead atoms. The molecule has 1 saturated heterocycles. The first-order valence-electron chi connectivity index (χ1n) is 13.6. The lowest BCUT2D eigenvalue weighted by Gasteiger charge is -2.20. The maximum absolute atomic E-state index is 13.2. The van der Waals surface area contributed by atoms with E-state index in [2.05, 4.69) is 56.9 Å². The van der Waals surface area contributed by atoms with Crippen LogP contribution in [-0.4, -0.2) is 40.8 Å². The molecule has 0 spiro atoms. The van der Waals surface area contributed by atoms with Crippen LogP contribution in [0.3, 0.4) is 0 Å². The molecule has 2 N–H and O–H groups in total. The number of aromatic nitrogens is 1. The Kier molecular flexibility index (Phi) is 7.64. The highest BCUT2D eigenvalue weighted by Crippen LogP contribution is 2.31. The highest BCUT2D eigenvalue weighted by atomic mass is 35.5. The van der Waals surface area contributed by atoms with Gasteiger partial charge in [0.2, 0.25) is 5.91 Å². The Balaban J connectivity index is 1.10. The minimum atomic E-state index is -0.267. The van der Waals surface area contributed by atoms with Crippen LogP contribution in [0.15, 0.2) is 66.7 Å². The molecule has 2 aromatic carbocycles. The minimum absolute atomic E-state index is 0.0511. The first-order chi connectivity index (χ1) is 19.0. The highest BCUT2D eigenvalue weighted by molar-refractivity contribution is 7.20. The number of nitrogens with one attached hydrogen (secondary N) is 2. The van der Waals surface area contributed by atoms with Crippen molar-refractivity contribution in [2.24, 2.45) is 5.92 Å². The van der Waals surface area contributed by atoms with Gasteiger partial charge in [0.15, 0.2) is 0 Å². The summed E-state index contributed by atoms with van der Waals surface area (Å²) in [6.45, 7) is 3.30. The molecule has 8 heteroatoms. The summed E-state index contributed by atoms with van der Waals surface area (Å²) in [4.78, 5) is 34.3. The number of pyridine rings is 1. The first kappa shape index (κ1) is 26.0. The van der Waals surface area contributed by atoms with E-state index in [1.807, 2.05) is 24.3 Å². The number of halogens is 1. The molecule has 0 unspecified atom stereocenters. The van der Waals surface area contributed by atoms with Gasteiger partial charge >= 0.3 is 0 Å². The van der Waals surface area contributed by atoms with Crippen molar-refractivity contribution < 1.29 is 9.59 Å². The zero-order chi connectivity index (χ0) is 26.8. The number of anilines is 1. The van der Waals surface area contributed by atoms with Gasteiger partial charge < -0.3 is 10.6 Å². The van der Waals surface area contributed by atoms with Gasteiger partial charge in [-0.25, -0.2) is 4.98 Å². The molecule has 2 aromatic heterocycles. The number of nitrogens with zero attached hydrogens (tertiary/aromatic N) is 2. The number of rotatable bonds is 7. The van der Waals surface area contributed by atoms with E-state index >= 15 is 0 Å². The molecule has 2 amide bonds. The summed E-state index contributed by atoms with van der Waals surface area (Å²) in [6, 6.07) is 21.9. The van der Waals surface area contributed by atoms with Crippen LogP contribution in [0.2, 0.25) is 5.15 Å². The summed E-state index contributed by atoms with van der Waals surface area (Å²) in [7, 11) is 0. The predicted molar refractivity (Wildman–Crippen MR) is 158 cm³/mol. The Morgan fingerprint density at radius 1 is 0.974 bits per heavy atom. The minimum Gasteiger partial charge on any atom is -0.348 e. The maximum atomic E-state index is 13.2. The number of carbonyl (C=O) groups excluding carboxylic acids is 2. The van der Waals surface area contributed by atoms with Crippen molar-refractivity contribution in [1.82, 2.24) is 15.2 Å². The second-order valence-electron chi connectivity index (χ2n) is 10.5. The van der Waals surface area contributed by atoms with Crippen molar-refractivity contribution in [2.45, 2.75) is 44.7 Å². The Hall–Kier alpha value is -3.26. The van der Waals surface area contributed by atoms with E-state index in [9.17, 15) is 9.59 Å². The van der Waals surface area contributed by atoms with Crippen LogP contribution >= 0.6 is 22.9 Å². The Morgan fingerprint density at radius 3 is 2.59 bits per heavy atom. The van der Waals surface area contributed by atoms with E-state index in [1.54, 1.807) is 6.07 Å². The SMILES string of the molecule is O=C(N[C@@H]1CCC[C@@H]1C(=O)Nc1ccc(-c2ccccc2CN2CCCC2)cc1)c1cc2ccc(Cl)nc2s1. The molecule has 2 aliphatic rings. The molecule has 1 aliphatic carbocycles. The average molecular weight is 559 g/mol. The number of likely N-dealkylation sites (tertiary alicyclic amines) is 1. The van der Waals surface area contributed by atoms with E-state index in [4.69, 9.17) is 11.6 Å². The third-order valence-corrected chi connectivity index (χ3v) is 9.07. The average Bonchev–Trinajstić information content (AvgIpc) is 3.71. The van der Waals surface area contributed by atoms with Crippen LogP contribution in [0.1, 0.15) is 47.3 Å². The number of hydrogen-bond donors (Lipinski definition) is 2. The molecule has 200 valence electrons. The normalized spacial score (nSPS) is 19.4. The lowest BCUT2D eigenvalue weighted by molar-refractivity contribution is -0.120. The van der Waals surface area contributed by atoms with Gasteiger partial charge in [0.05, 0.1) is 10.8 Å². The largest absolute Gasteiger partial charge is 0.348 e. The maximum Gasteiger partial charge on any atom is 0.261 e. The third kappa shape index (κ3) is 5.86. The predicted octanol–water partition coefficient (Wildman–Crippen LogP) is 6.75. The van der Waals surface area contributed by atoms with Crippen LogP contribution in [0.25, 0.3) is 21.3 Å². The van der Waals surface area contributed by atoms with E-state index in [0.717, 1.165) is 60.4 Å². The summed E-state index contributed by atoms with van der Waals surface area (Å²) in [6.07, 6.45) is 4.99. The van der Waals surface area contributed by atoms with Crippen LogP contribution in [0, 0.1) is 5.92 Å². The quantitative estimate of drug-likeness (QED) is 0.246. The zero-order valence-electron chi connectivity index (χ0n) is 21.7. The molecule has 2 fully saturated rings. The summed E-state index contributed by atoms with van der Waals surface area (Å²) in [5, 5.41) is 7.48. The lowest BCUT2D eigenvalue weighted by atomic mass is 9.98. The fourth-order valence-electron chi connectivity index (χ4n) is 5.78. The van der Waals surface area contributed by atoms with Gasteiger partial charge in [-0.15, -0.1) is 11.3 Å². The summed E-state index contributed by atoms with van der Waals surface area (Å²) in [5.74, 6) is -0.489. The van der Waals surface area contributed by atoms with Crippen molar-refractivity contribution in [3.8, 4) is 11.1 Å². The molecule has 3 heterocycles. The van der Waals surface area contributed by atoms with Gasteiger partial charge in [0.1, 0.15) is 9.98 Å². The highest BCUT2D eigenvalue weighted by Gasteiger charge is 2.34. The molecule has 2 atom stereocenters. The third-order valence-electron chi connectivity index (χ3n) is 7.82. The van der Waals surface area contributed by atoms with Gasteiger partial charge in [-0.1, -0.05) is 54.4 Å². The first-order valence-corrected chi connectivity index (χ1v) is 14.8. The molecular weight excluding hydrogens is 528 g/mol. The van der Waals surface area contributed by atoms with Crippen molar-refractivity contribution in [3.05, 3.63) is 82.3 Å². The summed E-state index contributed by atoms with van der Waals surface area (Å²) >= 11 is 7.31. The molecule has 1 aliphatic heterocycles. The van der Waals surface area contributed by atoms with Crippen LogP contribution in [0.4, 0.5) is 5.69 Å². The molecular formula is C31H31ClN4O2S. The molecule has 6 rings (SSSR count).